The quantitative estimate of drug-likeness (QED) is 0.775. The van der Waals surface area contributed by atoms with Gasteiger partial charge in [-0.2, -0.15) is 0 Å². The number of carbonyl (C=O) groups is 2. The summed E-state index contributed by atoms with van der Waals surface area (Å²) in [7, 11) is 0. The third-order valence-corrected chi connectivity index (χ3v) is 3.95. The van der Waals surface area contributed by atoms with Gasteiger partial charge in [-0.1, -0.05) is 0 Å². The molecule has 7 nitrogen and oxygen atoms in total. The molecular formula is C18H25NO6. The molecule has 1 aromatic carbocycles. The van der Waals surface area contributed by atoms with Crippen LogP contribution < -0.4 is 14.2 Å². The fourth-order valence-corrected chi connectivity index (χ4v) is 2.94. The highest BCUT2D eigenvalue weighted by atomic mass is 16.5. The van der Waals surface area contributed by atoms with Crippen molar-refractivity contribution in [1.82, 2.24) is 4.90 Å². The zero-order chi connectivity index (χ0) is 18.4. The van der Waals surface area contributed by atoms with Gasteiger partial charge in [-0.25, -0.2) is 4.79 Å². The third-order valence-electron chi connectivity index (χ3n) is 3.95. The summed E-state index contributed by atoms with van der Waals surface area (Å²) in [6.45, 7) is 7.20. The standard InChI is InChI=1S/C18H25NO6/c1-4-23-14-10-12(11-15(24-5-2)16(14)25-6-3)17(20)19-9-7-8-13(19)18(21)22/h10-11,13H,4-9H2,1-3H3,(H,21,22). The molecular weight excluding hydrogens is 326 g/mol. The Balaban J connectivity index is 2.42. The van der Waals surface area contributed by atoms with Crippen LogP contribution in [-0.4, -0.2) is 54.3 Å². The van der Waals surface area contributed by atoms with E-state index in [1.807, 2.05) is 20.8 Å². The second-order valence-electron chi connectivity index (χ2n) is 5.60. The number of likely N-dealkylation sites (tertiary alicyclic amines) is 1. The van der Waals surface area contributed by atoms with Crippen LogP contribution in [0.2, 0.25) is 0 Å². The van der Waals surface area contributed by atoms with Crippen molar-refractivity contribution < 1.29 is 28.9 Å². The van der Waals surface area contributed by atoms with Crippen molar-refractivity contribution in [3.05, 3.63) is 17.7 Å². The molecule has 138 valence electrons. The first-order valence-corrected chi connectivity index (χ1v) is 8.63. The molecule has 1 heterocycles. The molecule has 0 saturated carbocycles. The number of benzene rings is 1. The van der Waals surface area contributed by atoms with Crippen molar-refractivity contribution in [3.8, 4) is 17.2 Å². The number of nitrogens with zero attached hydrogens (tertiary/aromatic N) is 1. The lowest BCUT2D eigenvalue weighted by atomic mass is 10.1. The predicted octanol–water partition coefficient (Wildman–Crippen LogP) is 2.57. The van der Waals surface area contributed by atoms with Crippen LogP contribution in [0, 0.1) is 0 Å². The maximum absolute atomic E-state index is 12.9. The molecule has 1 fully saturated rings. The van der Waals surface area contributed by atoms with Gasteiger partial charge in [0, 0.05) is 12.1 Å². The average Bonchev–Trinajstić information content (AvgIpc) is 3.07. The van der Waals surface area contributed by atoms with Crippen LogP contribution in [0.4, 0.5) is 0 Å². The van der Waals surface area contributed by atoms with E-state index >= 15 is 0 Å². The Morgan fingerprint density at radius 1 is 1.08 bits per heavy atom. The number of carboxylic acids is 1. The van der Waals surface area contributed by atoms with Crippen LogP contribution in [0.5, 0.6) is 17.2 Å². The van der Waals surface area contributed by atoms with E-state index in [0.29, 0.717) is 62.0 Å². The molecule has 0 spiro atoms. The number of ether oxygens (including phenoxy) is 3. The Kier molecular flexibility index (Phi) is 6.50. The van der Waals surface area contributed by atoms with E-state index < -0.39 is 12.0 Å². The lowest BCUT2D eigenvalue weighted by Crippen LogP contribution is -2.40. The maximum Gasteiger partial charge on any atom is 0.326 e. The van der Waals surface area contributed by atoms with Gasteiger partial charge in [0.25, 0.3) is 5.91 Å². The van der Waals surface area contributed by atoms with Gasteiger partial charge < -0.3 is 24.2 Å². The van der Waals surface area contributed by atoms with Crippen LogP contribution in [0.15, 0.2) is 12.1 Å². The Labute approximate surface area is 147 Å². The highest BCUT2D eigenvalue weighted by molar-refractivity contribution is 5.98. The summed E-state index contributed by atoms with van der Waals surface area (Å²) in [5, 5.41) is 9.31. The Hall–Kier alpha value is -2.44. The summed E-state index contributed by atoms with van der Waals surface area (Å²) in [5.74, 6) is -0.0184. The smallest absolute Gasteiger partial charge is 0.326 e. The number of hydrogen-bond acceptors (Lipinski definition) is 5. The van der Waals surface area contributed by atoms with Gasteiger partial charge >= 0.3 is 5.97 Å². The first kappa shape index (κ1) is 18.9. The second-order valence-corrected chi connectivity index (χ2v) is 5.60. The van der Waals surface area contributed by atoms with Gasteiger partial charge in [-0.15, -0.1) is 0 Å². The lowest BCUT2D eigenvalue weighted by Gasteiger charge is -2.23. The molecule has 0 aromatic heterocycles. The number of hydrogen-bond donors (Lipinski definition) is 1. The first-order valence-electron chi connectivity index (χ1n) is 8.63. The van der Waals surface area contributed by atoms with Crippen molar-refractivity contribution in [2.75, 3.05) is 26.4 Å². The molecule has 1 atom stereocenters. The zero-order valence-electron chi connectivity index (χ0n) is 14.9. The Morgan fingerprint density at radius 3 is 2.12 bits per heavy atom. The molecule has 25 heavy (non-hydrogen) atoms. The van der Waals surface area contributed by atoms with Gasteiger partial charge in [-0.05, 0) is 45.7 Å². The van der Waals surface area contributed by atoms with Crippen molar-refractivity contribution in [2.24, 2.45) is 0 Å². The molecule has 2 rings (SSSR count). The monoisotopic (exact) mass is 351 g/mol. The highest BCUT2D eigenvalue weighted by Crippen LogP contribution is 2.39. The molecule has 0 aliphatic carbocycles. The molecule has 1 aromatic rings. The second kappa shape index (κ2) is 8.60. The third kappa shape index (κ3) is 4.15. The minimum absolute atomic E-state index is 0.337. The van der Waals surface area contributed by atoms with Gasteiger partial charge in [0.1, 0.15) is 6.04 Å². The number of aliphatic carboxylic acids is 1. The predicted molar refractivity (Wildman–Crippen MR) is 91.6 cm³/mol. The van der Waals surface area contributed by atoms with Gasteiger partial charge in [0.15, 0.2) is 11.5 Å². The SMILES string of the molecule is CCOc1cc(C(=O)N2CCCC2C(=O)O)cc(OCC)c1OCC. The zero-order valence-corrected chi connectivity index (χ0v) is 14.9. The average molecular weight is 351 g/mol. The van der Waals surface area contributed by atoms with Crippen LogP contribution >= 0.6 is 0 Å². The molecule has 1 amide bonds. The lowest BCUT2D eigenvalue weighted by molar-refractivity contribution is -0.141. The summed E-state index contributed by atoms with van der Waals surface area (Å²) in [5.41, 5.74) is 0.337. The van der Waals surface area contributed by atoms with Crippen LogP contribution in [0.1, 0.15) is 44.0 Å². The Bertz CT molecular complexity index is 603. The fourth-order valence-electron chi connectivity index (χ4n) is 2.94. The number of amides is 1. The van der Waals surface area contributed by atoms with Crippen LogP contribution in [-0.2, 0) is 4.79 Å². The molecule has 7 heteroatoms. The minimum Gasteiger partial charge on any atom is -0.490 e. The van der Waals surface area contributed by atoms with E-state index in [9.17, 15) is 14.7 Å². The molecule has 1 unspecified atom stereocenters. The largest absolute Gasteiger partial charge is 0.490 e. The first-order chi connectivity index (χ1) is 12.0. The van der Waals surface area contributed by atoms with E-state index in [2.05, 4.69) is 0 Å². The summed E-state index contributed by atoms with van der Waals surface area (Å²) in [4.78, 5) is 25.6. The van der Waals surface area contributed by atoms with Crippen LogP contribution in [0.25, 0.3) is 0 Å². The number of carboxylic acid groups (broad SMARTS) is 1. The minimum atomic E-state index is -0.980. The Morgan fingerprint density at radius 2 is 1.64 bits per heavy atom. The highest BCUT2D eigenvalue weighted by Gasteiger charge is 2.35. The summed E-state index contributed by atoms with van der Waals surface area (Å²) >= 11 is 0. The van der Waals surface area contributed by atoms with Gasteiger partial charge in [-0.3, -0.25) is 4.79 Å². The summed E-state index contributed by atoms with van der Waals surface area (Å²) in [6, 6.07) is 2.40. The topological polar surface area (TPSA) is 85.3 Å². The molecule has 0 radical (unpaired) electrons. The van der Waals surface area contributed by atoms with E-state index in [-0.39, 0.29) is 5.91 Å². The van der Waals surface area contributed by atoms with Crippen molar-refractivity contribution in [3.63, 3.8) is 0 Å². The summed E-state index contributed by atoms with van der Waals surface area (Å²) in [6.07, 6.45) is 1.14. The molecule has 1 N–H and O–H groups in total. The fraction of sp³-hybridized carbons (Fsp3) is 0.556. The van der Waals surface area contributed by atoms with E-state index in [1.54, 1.807) is 12.1 Å². The normalized spacial score (nSPS) is 16.6. The van der Waals surface area contributed by atoms with Crippen molar-refractivity contribution >= 4 is 11.9 Å². The molecule has 1 saturated heterocycles. The number of carbonyl (C=O) groups excluding carboxylic acids is 1. The van der Waals surface area contributed by atoms with Crippen LogP contribution in [0.3, 0.4) is 0 Å². The van der Waals surface area contributed by atoms with Gasteiger partial charge in [0.05, 0.1) is 19.8 Å². The van der Waals surface area contributed by atoms with E-state index in [4.69, 9.17) is 14.2 Å². The summed E-state index contributed by atoms with van der Waals surface area (Å²) < 4.78 is 16.8. The number of rotatable bonds is 8. The van der Waals surface area contributed by atoms with Gasteiger partial charge in [0.2, 0.25) is 5.75 Å². The molecule has 1 aliphatic heterocycles. The van der Waals surface area contributed by atoms with Crippen molar-refractivity contribution in [1.29, 1.82) is 0 Å². The van der Waals surface area contributed by atoms with Crippen molar-refractivity contribution in [2.45, 2.75) is 39.7 Å². The van der Waals surface area contributed by atoms with E-state index in [1.165, 1.54) is 4.90 Å². The maximum atomic E-state index is 12.9. The molecule has 1 aliphatic rings. The van der Waals surface area contributed by atoms with E-state index in [0.717, 1.165) is 0 Å². The molecule has 0 bridgehead atoms.